The summed E-state index contributed by atoms with van der Waals surface area (Å²) in [6.45, 7) is -0.578. The van der Waals surface area contributed by atoms with E-state index in [0.717, 1.165) is 68.2 Å². The van der Waals surface area contributed by atoms with Crippen LogP contribution in [0.25, 0.3) is 0 Å². The molecule has 4 heterocycles. The third kappa shape index (κ3) is 11.2. The van der Waals surface area contributed by atoms with Crippen LogP contribution >= 0.6 is 0 Å². The highest BCUT2D eigenvalue weighted by molar-refractivity contribution is 6.15. The van der Waals surface area contributed by atoms with Gasteiger partial charge in [0.25, 0.3) is 47.3 Å². The predicted octanol–water partition coefficient (Wildman–Crippen LogP) is -2.70. The van der Waals surface area contributed by atoms with Crippen LogP contribution in [0.15, 0.2) is 48.6 Å². The molecule has 55 heavy (non-hydrogen) atoms. The molecule has 0 aromatic carbocycles. The van der Waals surface area contributed by atoms with Crippen molar-refractivity contribution in [2.45, 2.75) is 57.0 Å². The van der Waals surface area contributed by atoms with Gasteiger partial charge in [-0.3, -0.25) is 77.1 Å². The maximum absolute atomic E-state index is 12.8. The molecular weight excluding hydrogens is 726 g/mol. The summed E-state index contributed by atoms with van der Waals surface area (Å²) in [5.41, 5.74) is 0. The lowest BCUT2D eigenvalue weighted by molar-refractivity contribution is -0.145. The second-order valence-electron chi connectivity index (χ2n) is 12.7. The van der Waals surface area contributed by atoms with E-state index >= 15 is 0 Å². The number of carboxylic acids is 1. The lowest BCUT2D eigenvalue weighted by Gasteiger charge is -2.29. The molecule has 0 aliphatic carbocycles. The Labute approximate surface area is 313 Å². The summed E-state index contributed by atoms with van der Waals surface area (Å²) in [6.07, 6.45) is 7.31. The fourth-order valence-electron chi connectivity index (χ4n) is 6.12. The summed E-state index contributed by atoms with van der Waals surface area (Å²) in [6, 6.07) is -1.95. The van der Waals surface area contributed by atoms with E-state index in [4.69, 9.17) is 5.11 Å². The van der Waals surface area contributed by atoms with Crippen LogP contribution in [0, 0.1) is 0 Å². The van der Waals surface area contributed by atoms with E-state index in [1.807, 2.05) is 0 Å². The average molecular weight is 766 g/mol. The number of carbonyl (C=O) groups is 12. The quantitative estimate of drug-likeness (QED) is 0.0749. The molecule has 0 fully saturated rings. The van der Waals surface area contributed by atoms with Crippen molar-refractivity contribution in [2.24, 2.45) is 0 Å². The van der Waals surface area contributed by atoms with Gasteiger partial charge in [-0.2, -0.15) is 0 Å². The molecule has 4 aliphatic rings. The van der Waals surface area contributed by atoms with Crippen molar-refractivity contribution in [3.63, 3.8) is 0 Å². The van der Waals surface area contributed by atoms with E-state index in [1.54, 1.807) is 0 Å². The zero-order valence-corrected chi connectivity index (χ0v) is 29.5. The van der Waals surface area contributed by atoms with E-state index in [9.17, 15) is 57.5 Å². The lowest BCUT2D eigenvalue weighted by atomic mass is 10.1. The number of nitrogens with zero attached hydrogens (tertiary/aromatic N) is 5. The second kappa shape index (κ2) is 18.9. The Morgan fingerprint density at radius 1 is 0.527 bits per heavy atom. The number of aliphatic carboxylic acids is 1. The summed E-state index contributed by atoms with van der Waals surface area (Å²) in [5.74, 6) is -7.80. The number of carboxylic acid groups (broad SMARTS) is 1. The van der Waals surface area contributed by atoms with Gasteiger partial charge in [0, 0.05) is 94.0 Å². The van der Waals surface area contributed by atoms with Crippen molar-refractivity contribution >= 4 is 70.9 Å². The van der Waals surface area contributed by atoms with Crippen LogP contribution < -0.4 is 10.6 Å². The predicted molar refractivity (Wildman–Crippen MR) is 184 cm³/mol. The molecule has 292 valence electrons. The van der Waals surface area contributed by atoms with Crippen molar-refractivity contribution in [1.82, 2.24) is 35.1 Å². The minimum Gasteiger partial charge on any atom is -0.481 e. The SMILES string of the molecule is O=C(O)CCC(=O)N(CCCNC(=O)CCC(CN1C(=O)C=CC1=O)N1C(=O)C=CC1=O)CCNC(=O)CCC(CN1C(=O)C=CC1=O)N1C(=O)C=CC1=O. The Balaban J connectivity index is 1.24. The smallest absolute Gasteiger partial charge is 0.303 e. The second-order valence-corrected chi connectivity index (χ2v) is 12.7. The molecule has 0 saturated carbocycles. The molecule has 0 bridgehead atoms. The monoisotopic (exact) mass is 765 g/mol. The normalized spacial score (nSPS) is 17.4. The number of amides is 11. The van der Waals surface area contributed by atoms with Crippen molar-refractivity contribution < 1.29 is 62.6 Å². The molecule has 0 radical (unpaired) electrons. The summed E-state index contributed by atoms with van der Waals surface area (Å²) in [7, 11) is 0. The van der Waals surface area contributed by atoms with Gasteiger partial charge in [-0.1, -0.05) is 0 Å². The number of hydrogen-bond acceptors (Lipinski definition) is 12. The van der Waals surface area contributed by atoms with Crippen molar-refractivity contribution in [2.75, 3.05) is 39.3 Å². The molecule has 11 amide bonds. The molecule has 0 saturated heterocycles. The van der Waals surface area contributed by atoms with Crippen LogP contribution in [0.3, 0.4) is 0 Å². The molecule has 3 N–H and O–H groups in total. The topological polar surface area (TPSA) is 265 Å². The van der Waals surface area contributed by atoms with Crippen molar-refractivity contribution in [1.29, 1.82) is 0 Å². The van der Waals surface area contributed by atoms with Gasteiger partial charge in [-0.05, 0) is 19.3 Å². The molecule has 2 unspecified atom stereocenters. The largest absolute Gasteiger partial charge is 0.481 e. The minimum absolute atomic E-state index is 0.0343. The molecule has 4 aliphatic heterocycles. The van der Waals surface area contributed by atoms with Crippen molar-refractivity contribution in [3.8, 4) is 0 Å². The Kier molecular flexibility index (Phi) is 14.2. The van der Waals surface area contributed by atoms with Gasteiger partial charge in [0.15, 0.2) is 0 Å². The number of hydrogen-bond donors (Lipinski definition) is 3. The summed E-state index contributed by atoms with van der Waals surface area (Å²) >= 11 is 0. The van der Waals surface area contributed by atoms with Crippen LogP contribution in [0.4, 0.5) is 0 Å². The molecule has 0 spiro atoms. The van der Waals surface area contributed by atoms with Crippen LogP contribution in [-0.2, 0) is 57.5 Å². The van der Waals surface area contributed by atoms with Gasteiger partial charge in [-0.25, -0.2) is 0 Å². The Morgan fingerprint density at radius 2 is 0.909 bits per heavy atom. The van der Waals surface area contributed by atoms with Gasteiger partial charge in [-0.15, -0.1) is 0 Å². The summed E-state index contributed by atoms with van der Waals surface area (Å²) < 4.78 is 0. The van der Waals surface area contributed by atoms with Crippen LogP contribution in [0.2, 0.25) is 0 Å². The molecule has 0 aromatic rings. The molecule has 20 nitrogen and oxygen atoms in total. The van der Waals surface area contributed by atoms with Crippen LogP contribution in [0.1, 0.15) is 44.9 Å². The first kappa shape index (κ1) is 41.2. The Morgan fingerprint density at radius 3 is 1.31 bits per heavy atom. The fourth-order valence-corrected chi connectivity index (χ4v) is 6.12. The Bertz CT molecular complexity index is 1730. The van der Waals surface area contributed by atoms with Gasteiger partial charge in [0.05, 0.1) is 31.6 Å². The van der Waals surface area contributed by atoms with Gasteiger partial charge in [0.2, 0.25) is 17.7 Å². The Hall–Kier alpha value is -6.60. The fraction of sp³-hybridized carbons (Fsp3) is 0.429. The molecule has 20 heteroatoms. The molecule has 0 aromatic heterocycles. The van der Waals surface area contributed by atoms with E-state index in [-0.39, 0.29) is 77.8 Å². The standard InChI is InChI=1S/C35H39N7O13/c43-24(4-2-22(41-31(50)10-11-32(41)51)20-39-27(46)6-7-28(39)47)36-16-1-18-38(26(45)14-15-35(54)55)19-17-37-25(44)5-3-23(42-33(52)12-13-34(42)53)21-40-29(48)8-9-30(40)49/h6-13,22-23H,1-5,14-21H2,(H,36,43)(H,37,44)(H,54,55). The van der Waals surface area contributed by atoms with Crippen molar-refractivity contribution in [3.05, 3.63) is 48.6 Å². The summed E-state index contributed by atoms with van der Waals surface area (Å²) in [5, 5.41) is 14.3. The van der Waals surface area contributed by atoms with Crippen LogP contribution in [-0.4, -0.2) is 152 Å². The lowest BCUT2D eigenvalue weighted by Crippen LogP contribution is -2.49. The molecule has 4 rings (SSSR count). The number of nitrogens with one attached hydrogen (secondary N) is 2. The van der Waals surface area contributed by atoms with E-state index in [0.29, 0.717) is 0 Å². The van der Waals surface area contributed by atoms with Gasteiger partial charge < -0.3 is 20.6 Å². The number of rotatable bonds is 22. The number of carbonyl (C=O) groups excluding carboxylic acids is 11. The number of imide groups is 4. The maximum Gasteiger partial charge on any atom is 0.303 e. The van der Waals surface area contributed by atoms with Crippen LogP contribution in [0.5, 0.6) is 0 Å². The average Bonchev–Trinajstić information content (AvgIpc) is 3.86. The van der Waals surface area contributed by atoms with Gasteiger partial charge >= 0.3 is 5.97 Å². The van der Waals surface area contributed by atoms with E-state index in [2.05, 4.69) is 10.6 Å². The first-order valence-electron chi connectivity index (χ1n) is 17.4. The first-order valence-corrected chi connectivity index (χ1v) is 17.4. The third-order valence-electron chi connectivity index (χ3n) is 8.95. The van der Waals surface area contributed by atoms with E-state index < -0.39 is 89.5 Å². The zero-order valence-electron chi connectivity index (χ0n) is 29.5. The maximum atomic E-state index is 12.8. The summed E-state index contributed by atoms with van der Waals surface area (Å²) in [4.78, 5) is 152. The minimum atomic E-state index is -1.19. The van der Waals surface area contributed by atoms with Gasteiger partial charge in [0.1, 0.15) is 0 Å². The highest BCUT2D eigenvalue weighted by Crippen LogP contribution is 2.19. The third-order valence-corrected chi connectivity index (χ3v) is 8.95. The first-order chi connectivity index (χ1) is 26.2. The highest BCUT2D eigenvalue weighted by Gasteiger charge is 2.37. The zero-order chi connectivity index (χ0) is 40.2. The van der Waals surface area contributed by atoms with E-state index in [1.165, 1.54) is 4.90 Å². The molecular formula is C35H39N7O13. The molecule has 2 atom stereocenters. The highest BCUT2D eigenvalue weighted by atomic mass is 16.4.